The molecule has 2 N–H and O–H groups in total. The first-order valence-electron chi connectivity index (χ1n) is 6.84. The summed E-state index contributed by atoms with van der Waals surface area (Å²) in [4.78, 5) is 18.3. The van der Waals surface area contributed by atoms with Gasteiger partial charge in [-0.1, -0.05) is 10.1 Å². The minimum absolute atomic E-state index is 0.292. The normalized spacial score (nSPS) is 19.0. The Hall–Kier alpha value is -1.42. The van der Waals surface area contributed by atoms with Gasteiger partial charge in [-0.2, -0.15) is 11.8 Å². The van der Waals surface area contributed by atoms with Gasteiger partial charge in [0.25, 0.3) is 0 Å². The third-order valence-corrected chi connectivity index (χ3v) is 4.53. The zero-order chi connectivity index (χ0) is 15.0. The van der Waals surface area contributed by atoms with Crippen LogP contribution in [0.15, 0.2) is 18.3 Å². The van der Waals surface area contributed by atoms with Crippen molar-refractivity contribution in [2.75, 3.05) is 38.7 Å². The molecule has 1 atom stereocenters. The van der Waals surface area contributed by atoms with Gasteiger partial charge in [0.2, 0.25) is 5.52 Å². The van der Waals surface area contributed by atoms with Gasteiger partial charge < -0.3 is 0 Å². The lowest BCUT2D eigenvalue weighted by Gasteiger charge is -2.37. The molecule has 21 heavy (non-hydrogen) atoms. The first-order chi connectivity index (χ1) is 9.98. The molecule has 0 aromatic carbocycles. The molecule has 0 amide bonds. The van der Waals surface area contributed by atoms with Gasteiger partial charge in [0.05, 0.1) is 4.54 Å². The largest absolute Gasteiger partial charge is 0.367 e. The number of fused-ring (bicyclic) bond motifs is 1. The summed E-state index contributed by atoms with van der Waals surface area (Å²) in [5.41, 5.74) is 0.998. The maximum Gasteiger partial charge on any atom is 0.367 e. The molecule has 0 saturated carbocycles. The van der Waals surface area contributed by atoms with Crippen LogP contribution in [0.3, 0.4) is 0 Å². The zero-order valence-electron chi connectivity index (χ0n) is 12.1. The monoisotopic (exact) mass is 312 g/mol. The van der Waals surface area contributed by atoms with Crippen LogP contribution in [0.5, 0.6) is 0 Å². The van der Waals surface area contributed by atoms with Crippen LogP contribution in [0, 0.1) is 4.91 Å². The van der Waals surface area contributed by atoms with Crippen LogP contribution in [0.1, 0.15) is 6.29 Å². The molecule has 3 rings (SSSR count). The summed E-state index contributed by atoms with van der Waals surface area (Å²) in [6, 6.07) is 3.61. The highest BCUT2D eigenvalue weighted by Gasteiger charge is 2.41. The third-order valence-electron chi connectivity index (χ3n) is 3.58. The number of aromatic nitrogens is 4. The Kier molecular flexibility index (Phi) is 3.74. The van der Waals surface area contributed by atoms with E-state index in [9.17, 15) is 10.1 Å². The van der Waals surface area contributed by atoms with Crippen LogP contribution in [0.25, 0.3) is 11.2 Å². The standard InChI is InChI=1S/C12H20N6O2S/c1-18(2,20)12(15-6-8-21-9-7-15)16-10-4-3-5-13-11(10)17(19)14-16/h3-5,12,20H,6-9H2,1-2H3,(H,14,19)/q+2. The Balaban J connectivity index is 2.12. The number of nitrogens with zero attached hydrogens (tertiary/aromatic N) is 5. The van der Waals surface area contributed by atoms with Gasteiger partial charge in [0.1, 0.15) is 20.3 Å². The molecule has 1 unspecified atom stereocenters. The van der Waals surface area contributed by atoms with E-state index in [0.29, 0.717) is 15.7 Å². The highest BCUT2D eigenvalue weighted by molar-refractivity contribution is 7.99. The van der Waals surface area contributed by atoms with Crippen molar-refractivity contribution in [3.63, 3.8) is 0 Å². The number of aromatic amines is 1. The average Bonchev–Trinajstić information content (AvgIpc) is 2.77. The van der Waals surface area contributed by atoms with Crippen molar-refractivity contribution in [2.45, 2.75) is 6.29 Å². The molecular formula is C12H20N6O2S+2. The van der Waals surface area contributed by atoms with Crippen molar-refractivity contribution in [2.24, 2.45) is 0 Å². The molecule has 0 bridgehead atoms. The first-order valence-corrected chi connectivity index (χ1v) is 8.00. The number of hydroxylamine groups is 3. The summed E-state index contributed by atoms with van der Waals surface area (Å²) in [7, 11) is 3.41. The molecule has 1 saturated heterocycles. The molecule has 3 heterocycles. The summed E-state index contributed by atoms with van der Waals surface area (Å²) in [5, 5.41) is 13.3. The molecular weight excluding hydrogens is 292 g/mol. The molecule has 1 aliphatic heterocycles. The molecule has 8 nitrogen and oxygen atoms in total. The van der Waals surface area contributed by atoms with Gasteiger partial charge >= 0.3 is 11.9 Å². The molecule has 2 aromatic heterocycles. The van der Waals surface area contributed by atoms with Gasteiger partial charge in [-0.05, 0) is 12.1 Å². The molecule has 9 heteroatoms. The fraction of sp³-hybridized carbons (Fsp3) is 0.583. The van der Waals surface area contributed by atoms with Crippen LogP contribution in [0.2, 0.25) is 0 Å². The van der Waals surface area contributed by atoms with Crippen molar-refractivity contribution in [3.8, 4) is 0 Å². The smallest absolute Gasteiger partial charge is 0.216 e. The van der Waals surface area contributed by atoms with Crippen molar-refractivity contribution in [1.29, 1.82) is 0 Å². The number of quaternary nitrogens is 1. The highest BCUT2D eigenvalue weighted by Crippen LogP contribution is 2.26. The Bertz CT molecular complexity index is 685. The number of thioether (sulfide) groups is 1. The number of rotatable bonds is 3. The molecule has 0 radical (unpaired) electrons. The lowest BCUT2D eigenvalue weighted by atomic mass is 10.4. The van der Waals surface area contributed by atoms with Gasteiger partial charge in [-0.15, -0.1) is 14.3 Å². The van der Waals surface area contributed by atoms with Crippen molar-refractivity contribution >= 4 is 22.9 Å². The maximum atomic E-state index is 12.0. The van der Waals surface area contributed by atoms with Crippen molar-refractivity contribution in [1.82, 2.24) is 19.8 Å². The number of hydrogen-bond donors (Lipinski definition) is 2. The second-order valence-electron chi connectivity index (χ2n) is 5.58. The van der Waals surface area contributed by atoms with E-state index in [1.54, 1.807) is 31.0 Å². The van der Waals surface area contributed by atoms with Crippen LogP contribution in [-0.4, -0.2) is 68.3 Å². The highest BCUT2D eigenvalue weighted by atomic mass is 32.2. The van der Waals surface area contributed by atoms with E-state index in [0.717, 1.165) is 24.6 Å². The summed E-state index contributed by atoms with van der Waals surface area (Å²) < 4.78 is 2.04. The maximum absolute atomic E-state index is 12.0. The van der Waals surface area contributed by atoms with E-state index in [1.165, 1.54) is 0 Å². The third kappa shape index (κ3) is 2.69. The Morgan fingerprint density at radius 3 is 2.86 bits per heavy atom. The number of nitrogens with one attached hydrogen (secondary N) is 1. The van der Waals surface area contributed by atoms with Crippen molar-refractivity contribution in [3.05, 3.63) is 23.2 Å². The number of H-pyrrole nitrogens is 1. The van der Waals surface area contributed by atoms with Crippen LogP contribution in [-0.2, 0) is 0 Å². The topological polar surface area (TPSA) is 80.0 Å². The fourth-order valence-electron chi connectivity index (χ4n) is 2.76. The Morgan fingerprint density at radius 2 is 2.19 bits per heavy atom. The second kappa shape index (κ2) is 5.41. The summed E-state index contributed by atoms with van der Waals surface area (Å²) in [6.45, 7) is 1.73. The van der Waals surface area contributed by atoms with E-state index >= 15 is 0 Å². The minimum Gasteiger partial charge on any atom is -0.216 e. The SMILES string of the molecule is C[N+](C)(O)C(N1CCSCC1)n1[nH][n+](=O)c2ncccc21. The number of hydrogen-bond acceptors (Lipinski definition) is 5. The van der Waals surface area contributed by atoms with E-state index in [-0.39, 0.29) is 4.65 Å². The fourth-order valence-corrected chi connectivity index (χ4v) is 3.69. The van der Waals surface area contributed by atoms with E-state index in [2.05, 4.69) is 15.1 Å². The predicted octanol–water partition coefficient (Wildman–Crippen LogP) is 0.249. The molecule has 2 aromatic rings. The summed E-state index contributed by atoms with van der Waals surface area (Å²) >= 11 is 1.90. The predicted molar refractivity (Wildman–Crippen MR) is 79.3 cm³/mol. The molecule has 0 aliphatic carbocycles. The van der Waals surface area contributed by atoms with Crippen LogP contribution >= 0.6 is 11.8 Å². The Morgan fingerprint density at radius 1 is 1.48 bits per heavy atom. The van der Waals surface area contributed by atoms with E-state index in [4.69, 9.17) is 0 Å². The van der Waals surface area contributed by atoms with Gasteiger partial charge in [-0.25, -0.2) is 10.1 Å². The van der Waals surface area contributed by atoms with Crippen molar-refractivity contribution < 1.29 is 14.4 Å². The first kappa shape index (κ1) is 14.5. The number of pyridine rings is 1. The minimum atomic E-state index is -0.396. The molecule has 1 aliphatic rings. The molecule has 114 valence electrons. The lowest BCUT2D eigenvalue weighted by molar-refractivity contribution is -1.11. The lowest BCUT2D eigenvalue weighted by Crippen LogP contribution is -2.54. The average molecular weight is 312 g/mol. The van der Waals surface area contributed by atoms with E-state index in [1.807, 2.05) is 17.8 Å². The molecule has 0 spiro atoms. The quantitative estimate of drug-likeness (QED) is 0.482. The Labute approximate surface area is 126 Å². The zero-order valence-corrected chi connectivity index (χ0v) is 13.0. The van der Waals surface area contributed by atoms with Crippen LogP contribution in [0.4, 0.5) is 0 Å². The van der Waals surface area contributed by atoms with Crippen LogP contribution < -0.4 is 4.54 Å². The van der Waals surface area contributed by atoms with E-state index < -0.39 is 6.29 Å². The summed E-state index contributed by atoms with van der Waals surface area (Å²) in [6.07, 6.45) is 1.19. The van der Waals surface area contributed by atoms with Gasteiger partial charge in [0.15, 0.2) is 0 Å². The summed E-state index contributed by atoms with van der Waals surface area (Å²) in [5.74, 6) is 2.04. The van der Waals surface area contributed by atoms with Gasteiger partial charge in [0, 0.05) is 24.6 Å². The van der Waals surface area contributed by atoms with Gasteiger partial charge in [-0.3, -0.25) is 0 Å². The molecule has 1 fully saturated rings. The second-order valence-corrected chi connectivity index (χ2v) is 6.81.